The number of esters is 1. The van der Waals surface area contributed by atoms with E-state index in [1.54, 1.807) is 6.08 Å². The van der Waals surface area contributed by atoms with Gasteiger partial charge in [-0.15, -0.1) is 13.2 Å². The van der Waals surface area contributed by atoms with Crippen molar-refractivity contribution in [1.29, 1.82) is 0 Å². The molecule has 310 valence electrons. The molecule has 0 spiro atoms. The summed E-state index contributed by atoms with van der Waals surface area (Å²) >= 11 is 0. The number of alkyl halides is 6. The van der Waals surface area contributed by atoms with Gasteiger partial charge in [0.2, 0.25) is 5.91 Å². The predicted molar refractivity (Wildman–Crippen MR) is 198 cm³/mol. The quantitative estimate of drug-likeness (QED) is 0.0597. The number of amides is 1. The third-order valence-electron chi connectivity index (χ3n) is 9.53. The van der Waals surface area contributed by atoms with Gasteiger partial charge in [0.05, 0.1) is 36.8 Å². The Morgan fingerprint density at radius 3 is 2.26 bits per heavy atom. The number of rotatable bonds is 18. The minimum absolute atomic E-state index is 0.0229. The lowest BCUT2D eigenvalue weighted by Gasteiger charge is -2.26. The number of carbonyl (C=O) groups excluding carboxylic acids is 2. The number of nitrogens with zero attached hydrogens (tertiary/aromatic N) is 2. The van der Waals surface area contributed by atoms with Crippen molar-refractivity contribution in [2.75, 3.05) is 32.8 Å². The van der Waals surface area contributed by atoms with Crippen molar-refractivity contribution in [3.8, 4) is 16.9 Å². The topological polar surface area (TPSA) is 89.9 Å². The van der Waals surface area contributed by atoms with Gasteiger partial charge in [0.15, 0.2) is 0 Å². The summed E-state index contributed by atoms with van der Waals surface area (Å²) in [5, 5.41) is 2.37. The highest BCUT2D eigenvalue weighted by Crippen LogP contribution is 2.42. The Morgan fingerprint density at radius 1 is 0.965 bits per heavy atom. The zero-order valence-corrected chi connectivity index (χ0v) is 31.6. The molecule has 2 heterocycles. The van der Waals surface area contributed by atoms with Crippen LogP contribution in [0.25, 0.3) is 11.1 Å². The third-order valence-corrected chi connectivity index (χ3v) is 9.53. The number of aryl methyl sites for hydroxylation is 1. The Balaban J connectivity index is 1.86. The van der Waals surface area contributed by atoms with E-state index >= 15 is 4.39 Å². The number of aromatic nitrogens is 1. The molecule has 0 aliphatic carbocycles. The van der Waals surface area contributed by atoms with Crippen LogP contribution in [-0.4, -0.2) is 54.2 Å². The van der Waals surface area contributed by atoms with E-state index in [-0.39, 0.29) is 60.6 Å². The fraction of sp³-hybridized carbons (Fsp3) is 0.439. The number of hydrogen-bond donors (Lipinski definition) is 1. The van der Waals surface area contributed by atoms with Gasteiger partial charge in [0, 0.05) is 36.0 Å². The van der Waals surface area contributed by atoms with Crippen LogP contribution >= 0.6 is 0 Å². The van der Waals surface area contributed by atoms with Crippen molar-refractivity contribution in [2.24, 2.45) is 0 Å². The third kappa shape index (κ3) is 11.5. The monoisotopic (exact) mass is 811 g/mol. The molecule has 1 fully saturated rings. The second-order valence-corrected chi connectivity index (χ2v) is 13.7. The normalized spacial score (nSPS) is 14.6. The molecule has 57 heavy (non-hydrogen) atoms. The first-order valence-corrected chi connectivity index (χ1v) is 18.5. The van der Waals surface area contributed by atoms with Crippen LogP contribution in [0.15, 0.2) is 66.6 Å². The largest absolute Gasteiger partial charge is 0.493 e. The van der Waals surface area contributed by atoms with E-state index in [0.29, 0.717) is 38.1 Å². The second-order valence-electron chi connectivity index (χ2n) is 13.7. The molecule has 8 nitrogen and oxygen atoms in total. The number of likely N-dealkylation sites (tertiary alicyclic amines) is 1. The summed E-state index contributed by atoms with van der Waals surface area (Å²) in [6, 6.07) is 0.351. The van der Waals surface area contributed by atoms with Gasteiger partial charge in [-0.1, -0.05) is 12.2 Å². The lowest BCUT2D eigenvalue weighted by Crippen LogP contribution is -2.40. The van der Waals surface area contributed by atoms with Gasteiger partial charge >= 0.3 is 18.3 Å². The van der Waals surface area contributed by atoms with Crippen LogP contribution in [0.2, 0.25) is 0 Å². The maximum Gasteiger partial charge on any atom is 0.419 e. The Bertz CT molecular complexity index is 1990. The summed E-state index contributed by atoms with van der Waals surface area (Å²) in [7, 11) is 0. The van der Waals surface area contributed by atoms with Gasteiger partial charge in [0.1, 0.15) is 23.4 Å². The van der Waals surface area contributed by atoms with Crippen molar-refractivity contribution in [3.05, 3.63) is 112 Å². The lowest BCUT2D eigenvalue weighted by molar-refractivity contribution is -0.144. The predicted octanol–water partition coefficient (Wildman–Crippen LogP) is 9.05. The van der Waals surface area contributed by atoms with Crippen molar-refractivity contribution in [3.63, 3.8) is 0 Å². The highest BCUT2D eigenvalue weighted by atomic mass is 19.4. The highest BCUT2D eigenvalue weighted by Gasteiger charge is 2.39. The van der Waals surface area contributed by atoms with Crippen LogP contribution in [-0.2, 0) is 33.1 Å². The minimum atomic E-state index is -5.31. The van der Waals surface area contributed by atoms with Crippen molar-refractivity contribution in [1.82, 2.24) is 14.8 Å². The summed E-state index contributed by atoms with van der Waals surface area (Å²) in [6.07, 6.45) is -5.14. The molecule has 2 atom stereocenters. The van der Waals surface area contributed by atoms with Crippen molar-refractivity contribution in [2.45, 2.75) is 83.2 Å². The Kier molecular flexibility index (Phi) is 15.3. The molecular weight excluding hydrogens is 766 g/mol. The van der Waals surface area contributed by atoms with Gasteiger partial charge in [-0.2, -0.15) is 26.3 Å². The number of halogens is 8. The number of hydrogen-bond acceptors (Lipinski definition) is 6. The molecule has 0 bridgehead atoms. The molecule has 0 radical (unpaired) electrons. The molecule has 1 aliphatic rings. The molecule has 1 aromatic heterocycles. The molecule has 1 saturated heterocycles. The number of allylic oxidation sites excluding steroid dienone is 2. The van der Waals surface area contributed by atoms with Crippen LogP contribution in [0.4, 0.5) is 35.1 Å². The van der Waals surface area contributed by atoms with E-state index in [9.17, 15) is 45.1 Å². The van der Waals surface area contributed by atoms with Crippen LogP contribution in [0, 0.1) is 18.6 Å². The zero-order chi connectivity index (χ0) is 42.1. The molecule has 0 unspecified atom stereocenters. The highest BCUT2D eigenvalue weighted by molar-refractivity contribution is 5.82. The molecule has 2 aromatic carbocycles. The van der Waals surface area contributed by atoms with Crippen LogP contribution in [0.1, 0.15) is 85.3 Å². The molecule has 3 aromatic rings. The van der Waals surface area contributed by atoms with Gasteiger partial charge in [-0.3, -0.25) is 14.4 Å². The zero-order valence-electron chi connectivity index (χ0n) is 31.6. The SMILES string of the molecule is C=CCCCOc1cc(F)cc(C)c1-c1cc([C@H](CC(=O)OCC)NC(=O)[C@H](CC=C)n2cc(CCN3CCCC3)c(C(F)(F)F)cc2=O)c(F)c(C(F)(F)F)c1. The molecule has 4 rings (SSSR count). The maximum absolute atomic E-state index is 16.2. The number of ether oxygens (including phenoxy) is 2. The van der Waals surface area contributed by atoms with E-state index in [4.69, 9.17) is 9.47 Å². The van der Waals surface area contributed by atoms with Crippen LogP contribution < -0.4 is 15.6 Å². The number of unbranched alkanes of at least 4 members (excludes halogenated alkanes) is 1. The average Bonchev–Trinajstić information content (AvgIpc) is 3.65. The summed E-state index contributed by atoms with van der Waals surface area (Å²) in [6.45, 7) is 11.5. The fourth-order valence-corrected chi connectivity index (χ4v) is 6.84. The first-order chi connectivity index (χ1) is 26.9. The molecular formula is C41H45F8N3O5. The van der Waals surface area contributed by atoms with Gasteiger partial charge in [-0.05, 0) is 100 Å². The van der Waals surface area contributed by atoms with Gasteiger partial charge in [0.25, 0.3) is 5.56 Å². The van der Waals surface area contributed by atoms with Crippen molar-refractivity contribution >= 4 is 11.9 Å². The Morgan fingerprint density at radius 2 is 1.65 bits per heavy atom. The smallest absolute Gasteiger partial charge is 0.419 e. The molecule has 0 saturated carbocycles. The Labute approximate surface area is 325 Å². The van der Waals surface area contributed by atoms with Gasteiger partial charge < -0.3 is 24.3 Å². The first-order valence-electron chi connectivity index (χ1n) is 18.5. The molecule has 1 amide bonds. The maximum atomic E-state index is 16.2. The number of benzene rings is 2. The average molecular weight is 812 g/mol. The second kappa shape index (κ2) is 19.4. The first kappa shape index (κ1) is 44.7. The standard InChI is InChI=1S/C41H45F8N3O5/c1-5-8-11-17-57-34-21-28(42)18-25(4)37(34)27-19-29(38(43)31(20-27)41(47,48)49)32(23-36(54)56-7-3)50-39(55)33(12-6-2)52-24-26(13-16-51-14-9-10-15-51)30(22-35(52)53)40(44,45)46/h5-6,18-22,24,32-33H,1-2,7-17,23H2,3-4H3,(H,50,55)/t32-,33-/m0/s1. The number of nitrogens with one attached hydrogen (secondary N) is 1. The summed E-state index contributed by atoms with van der Waals surface area (Å²) < 4.78 is 128. The van der Waals surface area contributed by atoms with E-state index in [2.05, 4.69) is 18.5 Å². The number of pyridine rings is 1. The molecule has 16 heteroatoms. The minimum Gasteiger partial charge on any atom is -0.493 e. The fourth-order valence-electron chi connectivity index (χ4n) is 6.84. The summed E-state index contributed by atoms with van der Waals surface area (Å²) in [4.78, 5) is 42.3. The van der Waals surface area contributed by atoms with E-state index in [1.807, 2.05) is 4.90 Å². The van der Waals surface area contributed by atoms with Gasteiger partial charge in [-0.25, -0.2) is 8.78 Å². The van der Waals surface area contributed by atoms with E-state index in [1.165, 1.54) is 19.9 Å². The molecule has 1 N–H and O–H groups in total. The summed E-state index contributed by atoms with van der Waals surface area (Å²) in [5.41, 5.74) is -5.44. The van der Waals surface area contributed by atoms with E-state index < -0.39 is 76.6 Å². The van der Waals surface area contributed by atoms with E-state index in [0.717, 1.165) is 41.8 Å². The molecule has 1 aliphatic heterocycles. The lowest BCUT2D eigenvalue weighted by atomic mass is 9.91. The summed E-state index contributed by atoms with van der Waals surface area (Å²) in [5.74, 6) is -4.93. The van der Waals surface area contributed by atoms with Crippen LogP contribution in [0.3, 0.4) is 0 Å². The van der Waals surface area contributed by atoms with Crippen molar-refractivity contribution < 1.29 is 54.2 Å². The number of carbonyl (C=O) groups is 2. The Hall–Kier alpha value is -4.99. The van der Waals surface area contributed by atoms with Crippen LogP contribution in [0.5, 0.6) is 5.75 Å².